The van der Waals surface area contributed by atoms with Crippen LogP contribution in [0.15, 0.2) is 30.3 Å². The number of nitrogens with zero attached hydrogens (tertiary/aromatic N) is 2. The smallest absolute Gasteiger partial charge is 0.232 e. The summed E-state index contributed by atoms with van der Waals surface area (Å²) in [5, 5.41) is 6.82. The topological polar surface area (TPSA) is 59.1 Å². The summed E-state index contributed by atoms with van der Waals surface area (Å²) in [4.78, 5) is 8.59. The maximum atomic E-state index is 13.4. The van der Waals surface area contributed by atoms with Crippen molar-refractivity contribution < 1.29 is 9.13 Å². The molecule has 0 amide bonds. The molecule has 27 heavy (non-hydrogen) atoms. The minimum atomic E-state index is -0.208. The first kappa shape index (κ1) is 19.5. The number of thiocarbonyl (C=S) groups is 1. The number of hydrogen-bond donors (Lipinski definition) is 2. The minimum absolute atomic E-state index is 0.0388. The lowest BCUT2D eigenvalue weighted by atomic mass is 9.69. The van der Waals surface area contributed by atoms with Gasteiger partial charge in [-0.3, -0.25) is 0 Å². The maximum absolute atomic E-state index is 13.4. The SMILES string of the molecule is COc1cc(C)nc(NC(=S)NCC2(c3ccc(F)cc3)CCCCC2)n1. The van der Waals surface area contributed by atoms with Crippen molar-refractivity contribution in [1.82, 2.24) is 15.3 Å². The van der Waals surface area contributed by atoms with Crippen molar-refractivity contribution in [3.05, 3.63) is 47.4 Å². The van der Waals surface area contributed by atoms with E-state index in [9.17, 15) is 4.39 Å². The van der Waals surface area contributed by atoms with E-state index in [0.29, 0.717) is 23.5 Å². The zero-order valence-corrected chi connectivity index (χ0v) is 16.5. The molecule has 1 aliphatic rings. The number of aromatic nitrogens is 2. The zero-order chi connectivity index (χ0) is 19.3. The van der Waals surface area contributed by atoms with E-state index < -0.39 is 0 Å². The van der Waals surface area contributed by atoms with Crippen molar-refractivity contribution in [3.8, 4) is 5.88 Å². The van der Waals surface area contributed by atoms with E-state index >= 15 is 0 Å². The lowest BCUT2D eigenvalue weighted by Crippen LogP contribution is -2.43. The normalized spacial score (nSPS) is 15.8. The van der Waals surface area contributed by atoms with Gasteiger partial charge in [0.25, 0.3) is 0 Å². The highest BCUT2D eigenvalue weighted by molar-refractivity contribution is 7.80. The number of ether oxygens (including phenoxy) is 1. The van der Waals surface area contributed by atoms with Crippen molar-refractivity contribution in [2.45, 2.75) is 44.4 Å². The van der Waals surface area contributed by atoms with E-state index in [4.69, 9.17) is 17.0 Å². The van der Waals surface area contributed by atoms with Crippen LogP contribution in [0.5, 0.6) is 5.88 Å². The highest BCUT2D eigenvalue weighted by atomic mass is 32.1. The third kappa shape index (κ3) is 4.91. The first-order chi connectivity index (χ1) is 13.0. The summed E-state index contributed by atoms with van der Waals surface area (Å²) in [6, 6.07) is 8.62. The van der Waals surface area contributed by atoms with Gasteiger partial charge in [-0.15, -0.1) is 0 Å². The lowest BCUT2D eigenvalue weighted by Gasteiger charge is -2.38. The molecule has 2 aromatic rings. The van der Waals surface area contributed by atoms with Gasteiger partial charge in [-0.25, -0.2) is 9.37 Å². The van der Waals surface area contributed by atoms with Gasteiger partial charge < -0.3 is 15.4 Å². The van der Waals surface area contributed by atoms with Gasteiger partial charge in [-0.05, 0) is 49.7 Å². The van der Waals surface area contributed by atoms with Crippen molar-refractivity contribution in [3.63, 3.8) is 0 Å². The second-order valence-corrected chi connectivity index (χ2v) is 7.44. The minimum Gasteiger partial charge on any atom is -0.481 e. The van der Waals surface area contributed by atoms with Crippen LogP contribution >= 0.6 is 12.2 Å². The van der Waals surface area contributed by atoms with Crippen LogP contribution in [0.1, 0.15) is 43.4 Å². The van der Waals surface area contributed by atoms with Crippen molar-refractivity contribution in [1.29, 1.82) is 0 Å². The predicted molar refractivity (Wildman–Crippen MR) is 109 cm³/mol. The fourth-order valence-electron chi connectivity index (χ4n) is 3.69. The number of methoxy groups -OCH3 is 1. The summed E-state index contributed by atoms with van der Waals surface area (Å²) in [7, 11) is 1.57. The third-order valence-corrected chi connectivity index (χ3v) is 5.37. The maximum Gasteiger partial charge on any atom is 0.232 e. The molecule has 1 heterocycles. The van der Waals surface area contributed by atoms with Gasteiger partial charge in [0.2, 0.25) is 11.8 Å². The molecule has 0 unspecified atom stereocenters. The Hall–Kier alpha value is -2.28. The Kier molecular flexibility index (Phi) is 6.21. The van der Waals surface area contributed by atoms with Crippen LogP contribution < -0.4 is 15.4 Å². The van der Waals surface area contributed by atoms with Crippen molar-refractivity contribution >= 4 is 23.3 Å². The Morgan fingerprint density at radius 3 is 2.56 bits per heavy atom. The van der Waals surface area contributed by atoms with Gasteiger partial charge in [0.1, 0.15) is 5.82 Å². The average molecular weight is 389 g/mol. The number of aryl methyl sites for hydroxylation is 1. The Balaban J connectivity index is 1.69. The quantitative estimate of drug-likeness (QED) is 0.752. The molecule has 0 bridgehead atoms. The van der Waals surface area contributed by atoms with Gasteiger partial charge in [-0.2, -0.15) is 4.98 Å². The number of nitrogens with one attached hydrogen (secondary N) is 2. The van der Waals surface area contributed by atoms with E-state index in [0.717, 1.165) is 36.9 Å². The molecule has 144 valence electrons. The molecule has 1 aromatic heterocycles. The average Bonchev–Trinajstić information content (AvgIpc) is 2.67. The molecule has 0 atom stereocenters. The third-order valence-electron chi connectivity index (χ3n) is 5.12. The van der Waals surface area contributed by atoms with Gasteiger partial charge in [0.05, 0.1) is 7.11 Å². The Labute approximate surface area is 164 Å². The molecule has 0 spiro atoms. The number of halogens is 1. The van der Waals surface area contributed by atoms with Crippen molar-refractivity contribution in [2.75, 3.05) is 19.0 Å². The fraction of sp³-hybridized carbons (Fsp3) is 0.450. The van der Waals surface area contributed by atoms with E-state index in [-0.39, 0.29) is 11.2 Å². The summed E-state index contributed by atoms with van der Waals surface area (Å²) in [6.45, 7) is 2.56. The molecular formula is C20H25FN4OS. The van der Waals surface area contributed by atoms with E-state index in [1.807, 2.05) is 19.1 Å². The molecule has 0 aliphatic heterocycles. The number of benzene rings is 1. The first-order valence-electron chi connectivity index (χ1n) is 9.21. The lowest BCUT2D eigenvalue weighted by molar-refractivity contribution is 0.292. The van der Waals surface area contributed by atoms with E-state index in [1.165, 1.54) is 18.6 Å². The summed E-state index contributed by atoms with van der Waals surface area (Å²) >= 11 is 5.44. The molecular weight excluding hydrogens is 363 g/mol. The molecule has 3 rings (SSSR count). The summed E-state index contributed by atoms with van der Waals surface area (Å²) in [6.07, 6.45) is 5.68. The van der Waals surface area contributed by atoms with Crippen LogP contribution in [-0.4, -0.2) is 28.7 Å². The standard InChI is InChI=1S/C20H25FN4OS/c1-14-12-17(26-2)24-18(23-14)25-19(27)22-13-20(10-4-3-5-11-20)15-6-8-16(21)9-7-15/h6-9,12H,3-5,10-11,13H2,1-2H3,(H2,22,23,24,25,27). The molecule has 1 aromatic carbocycles. The Morgan fingerprint density at radius 2 is 1.89 bits per heavy atom. The molecule has 2 N–H and O–H groups in total. The Morgan fingerprint density at radius 1 is 1.19 bits per heavy atom. The Bertz CT molecular complexity index is 791. The zero-order valence-electron chi connectivity index (χ0n) is 15.7. The monoisotopic (exact) mass is 388 g/mol. The van der Waals surface area contributed by atoms with Crippen LogP contribution in [0.3, 0.4) is 0 Å². The summed E-state index contributed by atoms with van der Waals surface area (Å²) in [5.41, 5.74) is 1.91. The van der Waals surface area contributed by atoms with Crippen LogP contribution in [0.25, 0.3) is 0 Å². The second-order valence-electron chi connectivity index (χ2n) is 7.03. The van der Waals surface area contributed by atoms with Crippen LogP contribution in [-0.2, 0) is 5.41 Å². The van der Waals surface area contributed by atoms with Gasteiger partial charge in [0.15, 0.2) is 5.11 Å². The second kappa shape index (κ2) is 8.61. The van der Waals surface area contributed by atoms with Crippen LogP contribution in [0.4, 0.5) is 10.3 Å². The van der Waals surface area contributed by atoms with E-state index in [1.54, 1.807) is 13.2 Å². The molecule has 5 nitrogen and oxygen atoms in total. The molecule has 0 saturated heterocycles. The number of hydrogen-bond acceptors (Lipinski definition) is 4. The largest absolute Gasteiger partial charge is 0.481 e. The highest BCUT2D eigenvalue weighted by Crippen LogP contribution is 2.39. The fourth-order valence-corrected chi connectivity index (χ4v) is 3.86. The van der Waals surface area contributed by atoms with E-state index in [2.05, 4.69) is 20.6 Å². The highest BCUT2D eigenvalue weighted by Gasteiger charge is 2.34. The van der Waals surface area contributed by atoms with Gasteiger partial charge >= 0.3 is 0 Å². The molecule has 0 radical (unpaired) electrons. The molecule has 1 aliphatic carbocycles. The van der Waals surface area contributed by atoms with Crippen LogP contribution in [0, 0.1) is 12.7 Å². The van der Waals surface area contributed by atoms with Gasteiger partial charge in [-0.1, -0.05) is 31.4 Å². The molecule has 1 saturated carbocycles. The predicted octanol–water partition coefficient (Wildman–Crippen LogP) is 4.12. The summed E-state index contributed by atoms with van der Waals surface area (Å²) < 4.78 is 18.5. The van der Waals surface area contributed by atoms with Crippen molar-refractivity contribution in [2.24, 2.45) is 0 Å². The first-order valence-corrected chi connectivity index (χ1v) is 9.62. The molecule has 1 fully saturated rings. The van der Waals surface area contributed by atoms with Crippen LogP contribution in [0.2, 0.25) is 0 Å². The number of rotatable bonds is 5. The number of anilines is 1. The van der Waals surface area contributed by atoms with Gasteiger partial charge in [0, 0.05) is 23.7 Å². The summed E-state index contributed by atoms with van der Waals surface area (Å²) in [5.74, 6) is 0.687. The molecule has 7 heteroatoms.